The molecule has 3 nitrogen and oxygen atoms in total. The van der Waals surface area contributed by atoms with Gasteiger partial charge in [-0.25, -0.2) is 4.79 Å². The fourth-order valence-electron chi connectivity index (χ4n) is 1.44. The molecule has 0 fully saturated rings. The first-order valence-electron chi connectivity index (χ1n) is 4.45. The molecule has 0 heterocycles. The van der Waals surface area contributed by atoms with E-state index in [4.69, 9.17) is 16.3 Å². The Bertz CT molecular complexity index is 399. The zero-order chi connectivity index (χ0) is 11.6. The molecule has 0 spiro atoms. The monoisotopic (exact) mass is 228 g/mol. The lowest BCUT2D eigenvalue weighted by molar-refractivity contribution is 0.0596. The number of methoxy groups -OCH3 is 2. The van der Waals surface area contributed by atoms with Gasteiger partial charge in [0, 0.05) is 5.02 Å². The summed E-state index contributed by atoms with van der Waals surface area (Å²) in [4.78, 5) is 11.5. The van der Waals surface area contributed by atoms with Crippen LogP contribution in [0.3, 0.4) is 0 Å². The maximum absolute atomic E-state index is 11.5. The average molecular weight is 229 g/mol. The first kappa shape index (κ1) is 11.9. The molecule has 0 amide bonds. The van der Waals surface area contributed by atoms with Gasteiger partial charge in [-0.2, -0.15) is 0 Å². The molecular weight excluding hydrogens is 216 g/mol. The van der Waals surface area contributed by atoms with E-state index in [2.05, 4.69) is 4.74 Å². The molecule has 82 valence electrons. The molecule has 0 aliphatic heterocycles. The predicted octanol–water partition coefficient (Wildman–Crippen LogP) is 2.75. The van der Waals surface area contributed by atoms with E-state index in [1.54, 1.807) is 13.0 Å². The third-order valence-electron chi connectivity index (χ3n) is 2.25. The molecular formula is C11H13ClO3. The van der Waals surface area contributed by atoms with Crippen molar-refractivity contribution in [1.82, 2.24) is 0 Å². The molecule has 4 heteroatoms. The molecule has 0 aliphatic carbocycles. The normalized spacial score (nSPS) is 9.93. The summed E-state index contributed by atoms with van der Waals surface area (Å²) in [6.45, 7) is 3.63. The molecule has 0 aromatic heterocycles. The van der Waals surface area contributed by atoms with Crippen molar-refractivity contribution in [3.8, 4) is 5.75 Å². The van der Waals surface area contributed by atoms with Gasteiger partial charge >= 0.3 is 5.97 Å². The summed E-state index contributed by atoms with van der Waals surface area (Å²) >= 11 is 6.05. The Morgan fingerprint density at radius 3 is 2.40 bits per heavy atom. The topological polar surface area (TPSA) is 35.5 Å². The van der Waals surface area contributed by atoms with Crippen LogP contribution in [0.15, 0.2) is 6.07 Å². The van der Waals surface area contributed by atoms with Crippen LogP contribution in [0.1, 0.15) is 21.5 Å². The van der Waals surface area contributed by atoms with Crippen LogP contribution in [-0.2, 0) is 4.74 Å². The molecule has 0 saturated carbocycles. The number of rotatable bonds is 2. The number of benzene rings is 1. The highest BCUT2D eigenvalue weighted by Gasteiger charge is 2.19. The van der Waals surface area contributed by atoms with Gasteiger partial charge in [-0.1, -0.05) is 11.6 Å². The molecule has 1 aromatic carbocycles. The number of carbonyl (C=O) groups is 1. The number of carbonyl (C=O) groups excluding carboxylic acids is 1. The van der Waals surface area contributed by atoms with Crippen LogP contribution < -0.4 is 4.74 Å². The van der Waals surface area contributed by atoms with Crippen molar-refractivity contribution in [2.75, 3.05) is 14.2 Å². The summed E-state index contributed by atoms with van der Waals surface area (Å²) in [7, 11) is 2.84. The minimum absolute atomic E-state index is 0.385. The number of hydrogen-bond donors (Lipinski definition) is 0. The maximum Gasteiger partial charge on any atom is 0.341 e. The third-order valence-corrected chi connectivity index (χ3v) is 2.84. The predicted molar refractivity (Wildman–Crippen MR) is 58.8 cm³/mol. The quantitative estimate of drug-likeness (QED) is 0.731. The number of aryl methyl sites for hydroxylation is 1. The Hall–Kier alpha value is -1.22. The Labute approximate surface area is 93.9 Å². The van der Waals surface area contributed by atoms with E-state index < -0.39 is 5.97 Å². The van der Waals surface area contributed by atoms with E-state index in [1.165, 1.54) is 14.2 Å². The fourth-order valence-corrected chi connectivity index (χ4v) is 1.59. The second-order valence-corrected chi connectivity index (χ2v) is 3.58. The summed E-state index contributed by atoms with van der Waals surface area (Å²) < 4.78 is 9.80. The van der Waals surface area contributed by atoms with Gasteiger partial charge in [-0.3, -0.25) is 0 Å². The SMILES string of the molecule is COC(=O)c1c(OC)cc(C)c(Cl)c1C. The van der Waals surface area contributed by atoms with Crippen molar-refractivity contribution in [1.29, 1.82) is 0 Å². The molecule has 0 N–H and O–H groups in total. The standard InChI is InChI=1S/C11H13ClO3/c1-6-5-8(14-3)9(11(13)15-4)7(2)10(6)12/h5H,1-4H3. The summed E-state index contributed by atoms with van der Waals surface area (Å²) in [5.41, 5.74) is 1.94. The lowest BCUT2D eigenvalue weighted by Crippen LogP contribution is -2.07. The highest BCUT2D eigenvalue weighted by atomic mass is 35.5. The zero-order valence-electron chi connectivity index (χ0n) is 9.18. The molecule has 0 unspecified atom stereocenters. The molecule has 0 radical (unpaired) electrons. The molecule has 0 aliphatic rings. The highest BCUT2D eigenvalue weighted by molar-refractivity contribution is 6.32. The first-order valence-corrected chi connectivity index (χ1v) is 4.82. The summed E-state index contributed by atoms with van der Waals surface area (Å²) in [5, 5.41) is 0.566. The van der Waals surface area contributed by atoms with Gasteiger partial charge < -0.3 is 9.47 Å². The van der Waals surface area contributed by atoms with E-state index in [1.807, 2.05) is 6.92 Å². The molecule has 0 atom stereocenters. The van der Waals surface area contributed by atoms with Crippen LogP contribution in [0.2, 0.25) is 5.02 Å². The van der Waals surface area contributed by atoms with Gasteiger partial charge in [0.05, 0.1) is 14.2 Å². The van der Waals surface area contributed by atoms with Crippen molar-refractivity contribution in [2.24, 2.45) is 0 Å². The van der Waals surface area contributed by atoms with Gasteiger partial charge in [0.15, 0.2) is 0 Å². The molecule has 0 bridgehead atoms. The summed E-state index contributed by atoms with van der Waals surface area (Å²) in [6.07, 6.45) is 0. The van der Waals surface area contributed by atoms with Gasteiger partial charge in [0.2, 0.25) is 0 Å². The second kappa shape index (κ2) is 4.53. The van der Waals surface area contributed by atoms with Crippen molar-refractivity contribution < 1.29 is 14.3 Å². The minimum Gasteiger partial charge on any atom is -0.496 e. The molecule has 0 saturated heterocycles. The average Bonchev–Trinajstić information content (AvgIpc) is 2.24. The van der Waals surface area contributed by atoms with Gasteiger partial charge in [-0.15, -0.1) is 0 Å². The van der Waals surface area contributed by atoms with Crippen LogP contribution in [0.25, 0.3) is 0 Å². The van der Waals surface area contributed by atoms with E-state index in [-0.39, 0.29) is 0 Å². The Morgan fingerprint density at radius 1 is 1.33 bits per heavy atom. The number of esters is 1. The van der Waals surface area contributed by atoms with Crippen LogP contribution >= 0.6 is 11.6 Å². The largest absolute Gasteiger partial charge is 0.496 e. The minimum atomic E-state index is -0.439. The third kappa shape index (κ3) is 2.07. The molecule has 15 heavy (non-hydrogen) atoms. The van der Waals surface area contributed by atoms with Crippen molar-refractivity contribution in [2.45, 2.75) is 13.8 Å². The summed E-state index contributed by atoms with van der Waals surface area (Å²) in [6, 6.07) is 1.72. The van der Waals surface area contributed by atoms with Gasteiger partial charge in [0.1, 0.15) is 11.3 Å². The van der Waals surface area contributed by atoms with E-state index >= 15 is 0 Å². The number of halogens is 1. The second-order valence-electron chi connectivity index (χ2n) is 3.20. The van der Waals surface area contributed by atoms with Gasteiger partial charge in [-0.05, 0) is 31.0 Å². The first-order chi connectivity index (χ1) is 7.02. The Kier molecular flexibility index (Phi) is 3.58. The fraction of sp³-hybridized carbons (Fsp3) is 0.364. The maximum atomic E-state index is 11.5. The van der Waals surface area contributed by atoms with Crippen molar-refractivity contribution >= 4 is 17.6 Å². The summed E-state index contributed by atoms with van der Waals surface area (Å²) in [5.74, 6) is 0.0486. The van der Waals surface area contributed by atoms with E-state index in [0.717, 1.165) is 5.56 Å². The number of hydrogen-bond acceptors (Lipinski definition) is 3. The van der Waals surface area contributed by atoms with E-state index in [9.17, 15) is 4.79 Å². The Morgan fingerprint density at radius 2 is 1.93 bits per heavy atom. The zero-order valence-corrected chi connectivity index (χ0v) is 9.94. The lowest BCUT2D eigenvalue weighted by atomic mass is 10.0. The van der Waals surface area contributed by atoms with Crippen molar-refractivity contribution in [3.05, 3.63) is 27.8 Å². The molecule has 1 rings (SSSR count). The smallest absolute Gasteiger partial charge is 0.341 e. The lowest BCUT2D eigenvalue weighted by Gasteiger charge is -2.13. The van der Waals surface area contributed by atoms with Crippen molar-refractivity contribution in [3.63, 3.8) is 0 Å². The Balaban J connectivity index is 3.47. The molecule has 1 aromatic rings. The highest BCUT2D eigenvalue weighted by Crippen LogP contribution is 2.31. The van der Waals surface area contributed by atoms with Crippen LogP contribution in [-0.4, -0.2) is 20.2 Å². The number of ether oxygens (including phenoxy) is 2. The van der Waals surface area contributed by atoms with Crippen LogP contribution in [0.5, 0.6) is 5.75 Å². The van der Waals surface area contributed by atoms with Crippen LogP contribution in [0, 0.1) is 13.8 Å². The van der Waals surface area contributed by atoms with Gasteiger partial charge in [0.25, 0.3) is 0 Å². The van der Waals surface area contributed by atoms with Crippen LogP contribution in [0.4, 0.5) is 0 Å². The van der Waals surface area contributed by atoms with E-state index in [0.29, 0.717) is 21.9 Å².